The molecule has 0 saturated carbocycles. The molecule has 2 aromatic rings. The summed E-state index contributed by atoms with van der Waals surface area (Å²) in [5, 5.41) is 14.7. The average Bonchev–Trinajstić information content (AvgIpc) is 3.08. The van der Waals surface area contributed by atoms with Crippen LogP contribution < -0.4 is 15.4 Å². The van der Waals surface area contributed by atoms with Crippen LogP contribution in [0, 0.1) is 11.3 Å². The Morgan fingerprint density at radius 3 is 2.59 bits per heavy atom. The highest BCUT2D eigenvalue weighted by Gasteiger charge is 2.21. The first-order valence-corrected chi connectivity index (χ1v) is 10.5. The van der Waals surface area contributed by atoms with Gasteiger partial charge in [0.05, 0.1) is 7.11 Å². The van der Waals surface area contributed by atoms with Gasteiger partial charge >= 0.3 is 0 Å². The summed E-state index contributed by atoms with van der Waals surface area (Å²) >= 11 is 1.26. The maximum Gasteiger partial charge on any atom is 0.248 e. The van der Waals surface area contributed by atoms with Crippen molar-refractivity contribution in [3.8, 4) is 16.3 Å². The molecule has 158 valence electrons. The summed E-state index contributed by atoms with van der Waals surface area (Å²) in [5.41, 5.74) is 1.03. The first-order valence-electron chi connectivity index (χ1n) is 9.65. The Balaban J connectivity index is 1.89. The number of hydrogen-bond donors (Lipinski definition) is 2. The van der Waals surface area contributed by atoms with Gasteiger partial charge in [0.25, 0.3) is 0 Å². The summed E-state index contributed by atoms with van der Waals surface area (Å²) in [6, 6.07) is 6.81. The summed E-state index contributed by atoms with van der Waals surface area (Å²) in [5.74, 6) is 0.521. The minimum atomic E-state index is -0.659. The molecule has 0 bridgehead atoms. The van der Waals surface area contributed by atoms with E-state index < -0.39 is 6.04 Å². The van der Waals surface area contributed by atoms with Gasteiger partial charge in [-0.1, -0.05) is 51.2 Å². The van der Waals surface area contributed by atoms with E-state index >= 15 is 0 Å². The van der Waals surface area contributed by atoms with Crippen LogP contribution in [-0.4, -0.2) is 35.2 Å². The van der Waals surface area contributed by atoms with Gasteiger partial charge in [-0.15, -0.1) is 10.2 Å². The van der Waals surface area contributed by atoms with Crippen molar-refractivity contribution in [1.82, 2.24) is 15.5 Å². The molecule has 1 aromatic heterocycles. The molecule has 0 fully saturated rings. The van der Waals surface area contributed by atoms with E-state index in [9.17, 15) is 9.59 Å². The molecule has 8 heteroatoms. The third-order valence-corrected chi connectivity index (χ3v) is 5.13. The Kier molecular flexibility index (Phi) is 7.73. The molecule has 1 aromatic carbocycles. The molecular formula is C21H30N4O3S. The van der Waals surface area contributed by atoms with Gasteiger partial charge in [-0.3, -0.25) is 14.9 Å². The van der Waals surface area contributed by atoms with E-state index in [0.29, 0.717) is 16.6 Å². The van der Waals surface area contributed by atoms with Gasteiger partial charge in [0, 0.05) is 12.0 Å². The van der Waals surface area contributed by atoms with Crippen LogP contribution in [0.2, 0.25) is 0 Å². The molecule has 0 aliphatic heterocycles. The van der Waals surface area contributed by atoms with Gasteiger partial charge in [0.2, 0.25) is 16.9 Å². The number of nitrogens with zero attached hydrogens (tertiary/aromatic N) is 2. The lowest BCUT2D eigenvalue weighted by Crippen LogP contribution is -2.42. The summed E-state index contributed by atoms with van der Waals surface area (Å²) in [6.45, 7) is 10.2. The van der Waals surface area contributed by atoms with Gasteiger partial charge in [-0.2, -0.15) is 0 Å². The van der Waals surface area contributed by atoms with Crippen molar-refractivity contribution in [2.75, 3.05) is 12.4 Å². The number of aromatic nitrogens is 2. The van der Waals surface area contributed by atoms with Crippen molar-refractivity contribution in [2.45, 2.75) is 53.5 Å². The van der Waals surface area contributed by atoms with E-state index in [-0.39, 0.29) is 23.1 Å². The van der Waals surface area contributed by atoms with E-state index in [1.54, 1.807) is 14.0 Å². The van der Waals surface area contributed by atoms with Crippen LogP contribution in [0.15, 0.2) is 24.3 Å². The van der Waals surface area contributed by atoms with Crippen molar-refractivity contribution in [3.05, 3.63) is 24.3 Å². The fraction of sp³-hybridized carbons (Fsp3) is 0.524. The molecule has 0 aliphatic rings. The Labute approximate surface area is 176 Å². The molecule has 7 nitrogen and oxygen atoms in total. The second-order valence-corrected chi connectivity index (χ2v) is 9.47. The lowest BCUT2D eigenvalue weighted by atomic mass is 9.84. The van der Waals surface area contributed by atoms with Gasteiger partial charge in [0.15, 0.2) is 0 Å². The average molecular weight is 419 g/mol. The number of hydrogen-bond acceptors (Lipinski definition) is 6. The number of ether oxygens (including phenoxy) is 1. The summed E-state index contributed by atoms with van der Waals surface area (Å²) in [7, 11) is 1.60. The van der Waals surface area contributed by atoms with Crippen LogP contribution in [0.25, 0.3) is 10.6 Å². The maximum atomic E-state index is 12.4. The third kappa shape index (κ3) is 7.45. The molecule has 2 N–H and O–H groups in total. The second kappa shape index (κ2) is 9.82. The van der Waals surface area contributed by atoms with E-state index in [1.807, 2.05) is 24.3 Å². The van der Waals surface area contributed by atoms with Crippen molar-refractivity contribution in [3.63, 3.8) is 0 Å². The van der Waals surface area contributed by atoms with E-state index in [4.69, 9.17) is 4.74 Å². The van der Waals surface area contributed by atoms with Crippen LogP contribution in [0.4, 0.5) is 5.13 Å². The number of methoxy groups -OCH3 is 1. The van der Waals surface area contributed by atoms with Crippen LogP contribution in [0.1, 0.15) is 47.5 Å². The lowest BCUT2D eigenvalue weighted by Gasteiger charge is -2.23. The summed E-state index contributed by atoms with van der Waals surface area (Å²) in [4.78, 5) is 24.6. The summed E-state index contributed by atoms with van der Waals surface area (Å²) in [6.07, 6.45) is 1.34. The SMILES string of the molecule is COc1cccc(-c2nnc(NC(=O)[C@H](C)NC(=O)C[C@@H](C)CC(C)(C)C)s2)c1. The first kappa shape index (κ1) is 22.8. The van der Waals surface area contributed by atoms with Crippen LogP contribution in [0.3, 0.4) is 0 Å². The highest BCUT2D eigenvalue weighted by molar-refractivity contribution is 7.18. The number of carbonyl (C=O) groups is 2. The fourth-order valence-electron chi connectivity index (χ4n) is 3.16. The molecule has 2 rings (SSSR count). The quantitative estimate of drug-likeness (QED) is 0.673. The molecule has 2 amide bonds. The first-order chi connectivity index (χ1) is 13.6. The Morgan fingerprint density at radius 1 is 1.21 bits per heavy atom. The monoisotopic (exact) mass is 418 g/mol. The topological polar surface area (TPSA) is 93.2 Å². The van der Waals surface area contributed by atoms with Crippen LogP contribution >= 0.6 is 11.3 Å². The van der Waals surface area contributed by atoms with Crippen molar-refractivity contribution >= 4 is 28.3 Å². The molecule has 0 spiro atoms. The third-order valence-electron chi connectivity index (χ3n) is 4.24. The molecule has 2 atom stereocenters. The van der Waals surface area contributed by atoms with Gasteiger partial charge in [0.1, 0.15) is 16.8 Å². The number of benzene rings is 1. The number of carbonyl (C=O) groups excluding carboxylic acids is 2. The minimum Gasteiger partial charge on any atom is -0.497 e. The number of nitrogens with one attached hydrogen (secondary N) is 2. The molecule has 29 heavy (non-hydrogen) atoms. The molecule has 1 heterocycles. The van der Waals surface area contributed by atoms with Crippen molar-refractivity contribution in [2.24, 2.45) is 11.3 Å². The minimum absolute atomic E-state index is 0.126. The predicted octanol–water partition coefficient (Wildman–Crippen LogP) is 4.12. The summed E-state index contributed by atoms with van der Waals surface area (Å²) < 4.78 is 5.22. The molecule has 0 radical (unpaired) electrons. The normalized spacial score (nSPS) is 13.4. The zero-order valence-electron chi connectivity index (χ0n) is 17.9. The number of anilines is 1. The van der Waals surface area contributed by atoms with E-state index in [2.05, 4.69) is 48.5 Å². The van der Waals surface area contributed by atoms with Crippen LogP contribution in [0.5, 0.6) is 5.75 Å². The van der Waals surface area contributed by atoms with Crippen molar-refractivity contribution < 1.29 is 14.3 Å². The Bertz CT molecular complexity index is 844. The lowest BCUT2D eigenvalue weighted by molar-refractivity contribution is -0.126. The zero-order chi connectivity index (χ0) is 21.6. The second-order valence-electron chi connectivity index (χ2n) is 8.50. The van der Waals surface area contributed by atoms with Gasteiger partial charge in [-0.05, 0) is 36.8 Å². The maximum absolute atomic E-state index is 12.4. The van der Waals surface area contributed by atoms with Crippen molar-refractivity contribution in [1.29, 1.82) is 0 Å². The Morgan fingerprint density at radius 2 is 1.93 bits per heavy atom. The number of amides is 2. The van der Waals surface area contributed by atoms with Gasteiger partial charge in [-0.25, -0.2) is 0 Å². The van der Waals surface area contributed by atoms with E-state index in [0.717, 1.165) is 17.7 Å². The smallest absolute Gasteiger partial charge is 0.248 e. The van der Waals surface area contributed by atoms with E-state index in [1.165, 1.54) is 11.3 Å². The predicted molar refractivity (Wildman–Crippen MR) is 116 cm³/mol. The highest BCUT2D eigenvalue weighted by Crippen LogP contribution is 2.29. The molecule has 0 saturated heterocycles. The molecule has 0 aliphatic carbocycles. The molecular weight excluding hydrogens is 388 g/mol. The highest BCUT2D eigenvalue weighted by atomic mass is 32.1. The Hall–Kier alpha value is -2.48. The molecule has 0 unspecified atom stereocenters. The number of rotatable bonds is 8. The fourth-order valence-corrected chi connectivity index (χ4v) is 3.90. The van der Waals surface area contributed by atoms with Crippen LogP contribution in [-0.2, 0) is 9.59 Å². The standard InChI is InChI=1S/C21H30N4O3S/c1-13(12-21(3,4)5)10-17(26)22-14(2)18(27)23-20-25-24-19(29-20)15-8-7-9-16(11-15)28-6/h7-9,11,13-14H,10,12H2,1-6H3,(H,22,26)(H,23,25,27)/t13-,14+/m1/s1. The largest absolute Gasteiger partial charge is 0.497 e. The zero-order valence-corrected chi connectivity index (χ0v) is 18.7. The van der Waals surface area contributed by atoms with Gasteiger partial charge < -0.3 is 10.1 Å².